The monoisotopic (exact) mass is 430 g/mol. The van der Waals surface area contributed by atoms with Gasteiger partial charge in [0, 0.05) is 39.3 Å². The highest BCUT2D eigenvalue weighted by Gasteiger charge is 2.34. The number of hydrogen-bond acceptors (Lipinski definition) is 4. The van der Waals surface area contributed by atoms with Gasteiger partial charge in [-0.2, -0.15) is 0 Å². The van der Waals surface area contributed by atoms with Crippen LogP contribution in [0.4, 0.5) is 0 Å². The topological polar surface area (TPSA) is 38.8 Å². The molecule has 0 bridgehead atoms. The van der Waals surface area contributed by atoms with E-state index < -0.39 is 0 Å². The third kappa shape index (κ3) is 6.60. The van der Waals surface area contributed by atoms with Gasteiger partial charge >= 0.3 is 0 Å². The number of carbonyl (C=O) groups is 1. The number of likely N-dealkylation sites (tertiary alicyclic amines) is 1. The Morgan fingerprint density at radius 1 is 1.04 bits per heavy atom. The summed E-state index contributed by atoms with van der Waals surface area (Å²) in [5.41, 5.74) is 1.14. The van der Waals surface area contributed by atoms with Crippen LogP contribution in [0.2, 0.25) is 0 Å². The molecule has 2 fully saturated rings. The van der Waals surface area contributed by atoms with Gasteiger partial charge in [-0.3, -0.25) is 9.69 Å². The number of benzene rings is 1. The number of piperidine rings is 1. The van der Waals surface area contributed by atoms with Crippen molar-refractivity contribution >= 4 is 30.7 Å². The van der Waals surface area contributed by atoms with Crippen LogP contribution in [0.3, 0.4) is 0 Å². The highest BCUT2D eigenvalue weighted by atomic mass is 35.5. The maximum absolute atomic E-state index is 13.5. The lowest BCUT2D eigenvalue weighted by atomic mass is 9.95. The zero-order valence-electron chi connectivity index (χ0n) is 17.2. The molecule has 1 atom stereocenters. The molecule has 1 aromatic rings. The number of amides is 1. The Bertz CT molecular complexity index is 559. The van der Waals surface area contributed by atoms with E-state index in [1.807, 2.05) is 18.2 Å². The van der Waals surface area contributed by atoms with E-state index in [1.54, 1.807) is 0 Å². The van der Waals surface area contributed by atoms with Gasteiger partial charge in [0.15, 0.2) is 0 Å². The minimum absolute atomic E-state index is 0. The lowest BCUT2D eigenvalue weighted by Crippen LogP contribution is -2.52. The molecule has 2 saturated heterocycles. The van der Waals surface area contributed by atoms with E-state index in [0.29, 0.717) is 11.8 Å². The number of nitrogens with one attached hydrogen (secondary N) is 1. The summed E-state index contributed by atoms with van der Waals surface area (Å²) in [4.78, 5) is 20.3. The first kappa shape index (κ1) is 25.2. The summed E-state index contributed by atoms with van der Waals surface area (Å²) >= 11 is 0. The summed E-state index contributed by atoms with van der Waals surface area (Å²) in [5.74, 6) is 1.00. The minimum atomic E-state index is -0.129. The lowest BCUT2D eigenvalue weighted by Gasteiger charge is -2.41. The third-order valence-corrected chi connectivity index (χ3v) is 5.86. The Balaban J connectivity index is 0.00000196. The molecule has 7 heteroatoms. The van der Waals surface area contributed by atoms with Gasteiger partial charge in [0.1, 0.15) is 6.04 Å². The highest BCUT2D eigenvalue weighted by molar-refractivity contribution is 5.85. The first-order chi connectivity index (χ1) is 12.7. The largest absolute Gasteiger partial charge is 0.341 e. The smallest absolute Gasteiger partial charge is 0.244 e. The van der Waals surface area contributed by atoms with Crippen molar-refractivity contribution in [2.45, 2.75) is 25.8 Å². The van der Waals surface area contributed by atoms with Gasteiger partial charge < -0.3 is 15.1 Å². The third-order valence-electron chi connectivity index (χ3n) is 5.86. The van der Waals surface area contributed by atoms with E-state index in [9.17, 15) is 4.79 Å². The number of nitrogens with zero attached hydrogens (tertiary/aromatic N) is 3. The molecule has 28 heavy (non-hydrogen) atoms. The van der Waals surface area contributed by atoms with Crippen LogP contribution in [0.15, 0.2) is 30.3 Å². The molecule has 1 amide bonds. The molecule has 0 radical (unpaired) electrons. The number of piperazine rings is 1. The Labute approximate surface area is 182 Å². The van der Waals surface area contributed by atoms with Gasteiger partial charge in [0.2, 0.25) is 5.91 Å². The predicted octanol–water partition coefficient (Wildman–Crippen LogP) is 2.67. The highest BCUT2D eigenvalue weighted by Crippen LogP contribution is 2.27. The van der Waals surface area contributed by atoms with Crippen LogP contribution in [-0.4, -0.2) is 80.0 Å². The summed E-state index contributed by atoms with van der Waals surface area (Å²) in [5, 5.41) is 3.45. The van der Waals surface area contributed by atoms with Crippen molar-refractivity contribution in [2.24, 2.45) is 5.92 Å². The van der Waals surface area contributed by atoms with Crippen molar-refractivity contribution < 1.29 is 4.79 Å². The quantitative estimate of drug-likeness (QED) is 0.752. The van der Waals surface area contributed by atoms with E-state index in [0.717, 1.165) is 70.8 Å². The summed E-state index contributed by atoms with van der Waals surface area (Å²) in [6.45, 7) is 10.0. The Morgan fingerprint density at radius 3 is 2.21 bits per heavy atom. The first-order valence-corrected chi connectivity index (χ1v) is 10.2. The zero-order valence-corrected chi connectivity index (χ0v) is 18.8. The van der Waals surface area contributed by atoms with Crippen LogP contribution in [0, 0.1) is 5.92 Å². The van der Waals surface area contributed by atoms with Crippen LogP contribution in [0.25, 0.3) is 0 Å². The van der Waals surface area contributed by atoms with E-state index in [4.69, 9.17) is 0 Å². The van der Waals surface area contributed by atoms with Gasteiger partial charge in [-0.25, -0.2) is 0 Å². The molecule has 2 aliphatic heterocycles. The van der Waals surface area contributed by atoms with Crippen LogP contribution in [-0.2, 0) is 4.79 Å². The summed E-state index contributed by atoms with van der Waals surface area (Å²) < 4.78 is 0. The van der Waals surface area contributed by atoms with Crippen molar-refractivity contribution in [3.05, 3.63) is 35.9 Å². The number of halogens is 2. The summed E-state index contributed by atoms with van der Waals surface area (Å²) in [7, 11) is 2.16. The molecule has 5 nitrogen and oxygen atoms in total. The molecule has 2 aliphatic rings. The minimum Gasteiger partial charge on any atom is -0.341 e. The number of hydrogen-bond donors (Lipinski definition) is 1. The molecule has 0 aromatic heterocycles. The molecular weight excluding hydrogens is 395 g/mol. The summed E-state index contributed by atoms with van der Waals surface area (Å²) in [6.07, 6.45) is 2.23. The van der Waals surface area contributed by atoms with Crippen molar-refractivity contribution in [1.29, 1.82) is 0 Å². The Morgan fingerprint density at radius 2 is 1.64 bits per heavy atom. The summed E-state index contributed by atoms with van der Waals surface area (Å²) in [6, 6.07) is 10.2. The molecule has 2 heterocycles. The lowest BCUT2D eigenvalue weighted by molar-refractivity contribution is -0.139. The molecule has 1 unspecified atom stereocenters. The first-order valence-electron chi connectivity index (χ1n) is 10.2. The van der Waals surface area contributed by atoms with E-state index in [2.05, 4.69) is 46.1 Å². The normalized spacial score (nSPS) is 20.1. The SMILES string of the molecule is CCNCC1CCN(C(=O)C(c2ccccc2)N2CCN(C)CC2)CC1.Cl.Cl. The zero-order chi connectivity index (χ0) is 18.4. The number of likely N-dealkylation sites (N-methyl/N-ethyl adjacent to an activating group) is 1. The van der Waals surface area contributed by atoms with Gasteiger partial charge in [0.05, 0.1) is 0 Å². The molecule has 1 aromatic carbocycles. The molecule has 160 valence electrons. The fraction of sp³-hybridized carbons (Fsp3) is 0.667. The van der Waals surface area contributed by atoms with Crippen LogP contribution in [0.5, 0.6) is 0 Å². The van der Waals surface area contributed by atoms with Gasteiger partial charge in [-0.1, -0.05) is 37.3 Å². The molecule has 0 spiro atoms. The maximum Gasteiger partial charge on any atom is 0.244 e. The van der Waals surface area contributed by atoms with Gasteiger partial charge in [-0.15, -0.1) is 24.8 Å². The molecule has 0 saturated carbocycles. The van der Waals surface area contributed by atoms with Gasteiger partial charge in [0.25, 0.3) is 0 Å². The molecular formula is C21H36Cl2N4O. The van der Waals surface area contributed by atoms with Crippen molar-refractivity contribution in [3.63, 3.8) is 0 Å². The van der Waals surface area contributed by atoms with Crippen LogP contribution >= 0.6 is 24.8 Å². The van der Waals surface area contributed by atoms with Crippen molar-refractivity contribution in [3.8, 4) is 0 Å². The van der Waals surface area contributed by atoms with Crippen molar-refractivity contribution in [1.82, 2.24) is 20.0 Å². The van der Waals surface area contributed by atoms with Crippen LogP contribution in [0.1, 0.15) is 31.4 Å². The predicted molar refractivity (Wildman–Crippen MR) is 121 cm³/mol. The van der Waals surface area contributed by atoms with Crippen LogP contribution < -0.4 is 5.32 Å². The average molecular weight is 431 g/mol. The second kappa shape index (κ2) is 12.7. The second-order valence-electron chi connectivity index (χ2n) is 7.73. The second-order valence-corrected chi connectivity index (χ2v) is 7.73. The number of carbonyl (C=O) groups excluding carboxylic acids is 1. The van der Waals surface area contributed by atoms with E-state index in [1.165, 1.54) is 0 Å². The Kier molecular flexibility index (Phi) is 11.4. The van der Waals surface area contributed by atoms with Crippen molar-refractivity contribution in [2.75, 3.05) is 59.4 Å². The Hall–Kier alpha value is -0.850. The number of rotatable bonds is 6. The maximum atomic E-state index is 13.5. The van der Waals surface area contributed by atoms with E-state index in [-0.39, 0.29) is 30.9 Å². The molecule has 3 rings (SSSR count). The van der Waals surface area contributed by atoms with E-state index >= 15 is 0 Å². The average Bonchev–Trinajstić information content (AvgIpc) is 2.69. The fourth-order valence-electron chi connectivity index (χ4n) is 4.10. The molecule has 1 N–H and O–H groups in total. The standard InChI is InChI=1S/C21H34N4O.2ClH/c1-3-22-17-18-9-11-25(12-10-18)21(26)20(19-7-5-4-6-8-19)24-15-13-23(2)14-16-24;;/h4-8,18,20,22H,3,9-17H2,1-2H3;2*1H. The molecule has 0 aliphatic carbocycles. The fourth-order valence-corrected chi connectivity index (χ4v) is 4.10. The van der Waals surface area contributed by atoms with Gasteiger partial charge in [-0.05, 0) is 44.5 Å².